The van der Waals surface area contributed by atoms with Crippen molar-refractivity contribution in [2.24, 2.45) is 5.73 Å². The Morgan fingerprint density at radius 2 is 2.17 bits per heavy atom. The number of primary amides is 1. The summed E-state index contributed by atoms with van der Waals surface area (Å²) in [5, 5.41) is 8.28. The molecule has 0 unspecified atom stereocenters. The fourth-order valence-corrected chi connectivity index (χ4v) is 2.55. The zero-order chi connectivity index (χ0) is 16.8. The Morgan fingerprint density at radius 1 is 1.48 bits per heavy atom. The minimum Gasteiger partial charge on any atom is -0.486 e. The first-order valence-electron chi connectivity index (χ1n) is 6.88. The van der Waals surface area contributed by atoms with Crippen LogP contribution in [0.5, 0.6) is 5.75 Å². The number of ether oxygens (including phenoxy) is 1. The maximum Gasteiger partial charge on any atom is 0.230 e. The number of allylic oxidation sites excluding steroid dienone is 1. The van der Waals surface area contributed by atoms with Gasteiger partial charge in [0.15, 0.2) is 11.0 Å². The number of aromatic nitrogens is 3. The van der Waals surface area contributed by atoms with Gasteiger partial charge in [0.2, 0.25) is 5.91 Å². The molecule has 0 aliphatic carbocycles. The predicted octanol–water partition coefficient (Wildman–Crippen LogP) is 2.15. The van der Waals surface area contributed by atoms with Gasteiger partial charge in [0.05, 0.1) is 5.25 Å². The van der Waals surface area contributed by atoms with Crippen molar-refractivity contribution < 1.29 is 13.9 Å². The zero-order valence-electron chi connectivity index (χ0n) is 12.6. The number of amides is 1. The van der Waals surface area contributed by atoms with Crippen LogP contribution < -0.4 is 10.5 Å². The molecule has 0 saturated heterocycles. The lowest BCUT2D eigenvalue weighted by molar-refractivity contribution is -0.117. The van der Waals surface area contributed by atoms with E-state index in [2.05, 4.69) is 16.8 Å². The average Bonchev–Trinajstić information content (AvgIpc) is 2.89. The molecular weight excluding hydrogens is 319 g/mol. The number of rotatable bonds is 8. The van der Waals surface area contributed by atoms with Crippen molar-refractivity contribution in [1.82, 2.24) is 14.8 Å². The number of nitrogens with zero attached hydrogens (tertiary/aromatic N) is 3. The van der Waals surface area contributed by atoms with Crippen molar-refractivity contribution >= 4 is 17.7 Å². The molecule has 1 atom stereocenters. The molecule has 0 saturated carbocycles. The topological polar surface area (TPSA) is 83.0 Å². The summed E-state index contributed by atoms with van der Waals surface area (Å²) in [5.74, 6) is 0.353. The highest BCUT2D eigenvalue weighted by Gasteiger charge is 2.18. The number of nitrogens with two attached hydrogens (primary N) is 1. The van der Waals surface area contributed by atoms with Gasteiger partial charge in [-0.2, -0.15) is 0 Å². The van der Waals surface area contributed by atoms with Gasteiger partial charge in [0.1, 0.15) is 18.2 Å². The van der Waals surface area contributed by atoms with E-state index in [1.165, 1.54) is 36.0 Å². The van der Waals surface area contributed by atoms with Crippen LogP contribution in [0.4, 0.5) is 4.39 Å². The Balaban J connectivity index is 2.11. The Morgan fingerprint density at radius 3 is 2.78 bits per heavy atom. The summed E-state index contributed by atoms with van der Waals surface area (Å²) in [6, 6.07) is 5.71. The summed E-state index contributed by atoms with van der Waals surface area (Å²) in [6.07, 6.45) is 1.70. The Hall–Kier alpha value is -2.35. The van der Waals surface area contributed by atoms with E-state index in [-0.39, 0.29) is 12.4 Å². The van der Waals surface area contributed by atoms with Gasteiger partial charge in [0, 0.05) is 6.54 Å². The molecule has 2 rings (SSSR count). The van der Waals surface area contributed by atoms with E-state index >= 15 is 0 Å². The van der Waals surface area contributed by atoms with E-state index in [1.807, 2.05) is 0 Å². The molecule has 1 heterocycles. The molecule has 0 bridgehead atoms. The smallest absolute Gasteiger partial charge is 0.230 e. The first kappa shape index (κ1) is 17.0. The second-order valence-electron chi connectivity index (χ2n) is 4.70. The van der Waals surface area contributed by atoms with Crippen LogP contribution in [0.2, 0.25) is 0 Å². The van der Waals surface area contributed by atoms with Crippen LogP contribution in [0.25, 0.3) is 0 Å². The van der Waals surface area contributed by atoms with E-state index < -0.39 is 11.2 Å². The van der Waals surface area contributed by atoms with Gasteiger partial charge in [-0.3, -0.25) is 9.36 Å². The molecule has 122 valence electrons. The largest absolute Gasteiger partial charge is 0.486 e. The van der Waals surface area contributed by atoms with Crippen LogP contribution in [0.15, 0.2) is 42.1 Å². The van der Waals surface area contributed by atoms with Gasteiger partial charge in [-0.1, -0.05) is 17.8 Å². The van der Waals surface area contributed by atoms with Crippen molar-refractivity contribution in [1.29, 1.82) is 0 Å². The monoisotopic (exact) mass is 336 g/mol. The molecule has 23 heavy (non-hydrogen) atoms. The van der Waals surface area contributed by atoms with Crippen molar-refractivity contribution in [3.8, 4) is 5.75 Å². The van der Waals surface area contributed by atoms with E-state index in [1.54, 1.807) is 17.6 Å². The van der Waals surface area contributed by atoms with Crippen molar-refractivity contribution in [2.45, 2.75) is 30.5 Å². The van der Waals surface area contributed by atoms with Crippen LogP contribution in [-0.4, -0.2) is 25.9 Å². The average molecular weight is 336 g/mol. The van der Waals surface area contributed by atoms with E-state index in [9.17, 15) is 9.18 Å². The number of halogens is 1. The highest BCUT2D eigenvalue weighted by Crippen LogP contribution is 2.23. The van der Waals surface area contributed by atoms with Crippen molar-refractivity contribution in [2.75, 3.05) is 0 Å². The molecule has 1 amide bonds. The standard InChI is InChI=1S/C15H17FN4O2S/c1-3-8-20-13(9-22-12-6-4-11(16)5-7-12)18-19-15(20)23-10(2)14(17)21/h3-7,10H,1,8-9H2,2H3,(H2,17,21)/t10-/m1/s1. The molecule has 2 N–H and O–H groups in total. The highest BCUT2D eigenvalue weighted by atomic mass is 32.2. The summed E-state index contributed by atoms with van der Waals surface area (Å²) in [6.45, 7) is 6.04. The third-order valence-corrected chi connectivity index (χ3v) is 4.07. The second-order valence-corrected chi connectivity index (χ2v) is 6.01. The first-order valence-corrected chi connectivity index (χ1v) is 7.76. The van der Waals surface area contributed by atoms with Crippen molar-refractivity contribution in [3.63, 3.8) is 0 Å². The first-order chi connectivity index (χ1) is 11.0. The zero-order valence-corrected chi connectivity index (χ0v) is 13.4. The SMILES string of the molecule is C=CCn1c(COc2ccc(F)cc2)nnc1S[C@H](C)C(N)=O. The minimum absolute atomic E-state index is 0.165. The summed E-state index contributed by atoms with van der Waals surface area (Å²) in [4.78, 5) is 11.2. The lowest BCUT2D eigenvalue weighted by Crippen LogP contribution is -2.23. The van der Waals surface area contributed by atoms with Gasteiger partial charge in [-0.15, -0.1) is 16.8 Å². The number of hydrogen-bond donors (Lipinski definition) is 1. The van der Waals surface area contributed by atoms with Gasteiger partial charge in [0.25, 0.3) is 0 Å². The summed E-state index contributed by atoms with van der Waals surface area (Å²) >= 11 is 1.22. The maximum atomic E-state index is 12.9. The third kappa shape index (κ3) is 4.56. The van der Waals surface area contributed by atoms with Gasteiger partial charge < -0.3 is 10.5 Å². The second kappa shape index (κ2) is 7.77. The predicted molar refractivity (Wildman–Crippen MR) is 85.5 cm³/mol. The Labute approximate surface area is 137 Å². The summed E-state index contributed by atoms with van der Waals surface area (Å²) in [5.41, 5.74) is 5.27. The normalized spacial score (nSPS) is 11.9. The van der Waals surface area contributed by atoms with Crippen LogP contribution in [0.1, 0.15) is 12.7 Å². The lowest BCUT2D eigenvalue weighted by atomic mass is 10.3. The summed E-state index contributed by atoms with van der Waals surface area (Å²) in [7, 11) is 0. The minimum atomic E-state index is -0.424. The van der Waals surface area contributed by atoms with E-state index in [4.69, 9.17) is 10.5 Å². The quantitative estimate of drug-likeness (QED) is 0.590. The molecule has 0 aliphatic heterocycles. The molecule has 8 heteroatoms. The maximum absolute atomic E-state index is 12.9. The Kier molecular flexibility index (Phi) is 5.75. The highest BCUT2D eigenvalue weighted by molar-refractivity contribution is 8.00. The number of carbonyl (C=O) groups is 1. The number of hydrogen-bond acceptors (Lipinski definition) is 5. The van der Waals surface area contributed by atoms with E-state index in [0.29, 0.717) is 23.3 Å². The molecule has 1 aromatic carbocycles. The van der Waals surface area contributed by atoms with Crippen molar-refractivity contribution in [3.05, 3.63) is 48.6 Å². The molecular formula is C15H17FN4O2S. The molecule has 0 fully saturated rings. The molecule has 0 spiro atoms. The number of carbonyl (C=O) groups excluding carboxylic acids is 1. The molecule has 0 radical (unpaired) electrons. The molecule has 1 aromatic heterocycles. The van der Waals surface area contributed by atoms with Crippen LogP contribution in [-0.2, 0) is 17.9 Å². The fourth-order valence-electron chi connectivity index (χ4n) is 1.72. The van der Waals surface area contributed by atoms with Gasteiger partial charge >= 0.3 is 0 Å². The van der Waals surface area contributed by atoms with Gasteiger partial charge in [-0.25, -0.2) is 4.39 Å². The summed E-state index contributed by atoms with van der Waals surface area (Å²) < 4.78 is 20.2. The number of benzene rings is 1. The fraction of sp³-hybridized carbons (Fsp3) is 0.267. The van der Waals surface area contributed by atoms with Gasteiger partial charge in [-0.05, 0) is 31.2 Å². The van der Waals surface area contributed by atoms with Crippen LogP contribution in [0, 0.1) is 5.82 Å². The molecule has 6 nitrogen and oxygen atoms in total. The number of thioether (sulfide) groups is 1. The van der Waals surface area contributed by atoms with E-state index in [0.717, 1.165) is 0 Å². The van der Waals surface area contributed by atoms with Crippen LogP contribution in [0.3, 0.4) is 0 Å². The third-order valence-electron chi connectivity index (χ3n) is 2.97. The molecule has 2 aromatic rings. The lowest BCUT2D eigenvalue weighted by Gasteiger charge is -2.10. The van der Waals surface area contributed by atoms with Crippen LogP contribution >= 0.6 is 11.8 Å². The molecule has 0 aliphatic rings. The Bertz CT molecular complexity index is 687.